The van der Waals surface area contributed by atoms with Crippen molar-refractivity contribution in [2.75, 3.05) is 13.7 Å². The second-order valence-corrected chi connectivity index (χ2v) is 6.03. The molecule has 0 aromatic heterocycles. The number of benzene rings is 1. The van der Waals surface area contributed by atoms with Gasteiger partial charge in [0.15, 0.2) is 11.5 Å². The van der Waals surface area contributed by atoms with Crippen LogP contribution in [0.5, 0.6) is 11.5 Å². The van der Waals surface area contributed by atoms with E-state index in [1.54, 1.807) is 45.0 Å². The van der Waals surface area contributed by atoms with Gasteiger partial charge in [0.1, 0.15) is 6.61 Å². The van der Waals surface area contributed by atoms with Gasteiger partial charge in [0, 0.05) is 5.70 Å². The van der Waals surface area contributed by atoms with E-state index < -0.39 is 12.0 Å². The molecule has 0 saturated heterocycles. The van der Waals surface area contributed by atoms with E-state index in [1.807, 2.05) is 0 Å². The molecule has 0 radical (unpaired) electrons. The van der Waals surface area contributed by atoms with Crippen molar-refractivity contribution in [1.82, 2.24) is 10.6 Å². The first-order valence-electron chi connectivity index (χ1n) is 8.28. The lowest BCUT2D eigenvalue weighted by Gasteiger charge is -2.29. The Morgan fingerprint density at radius 2 is 2.08 bits per heavy atom. The summed E-state index contributed by atoms with van der Waals surface area (Å²) in [4.78, 5) is 24.5. The van der Waals surface area contributed by atoms with Crippen LogP contribution in [0.15, 0.2) is 42.1 Å². The first-order chi connectivity index (χ1) is 12.4. The summed E-state index contributed by atoms with van der Waals surface area (Å²) >= 11 is 0. The topological polar surface area (TPSA) is 85.9 Å². The molecule has 7 heteroatoms. The molecule has 2 rings (SSSR count). The van der Waals surface area contributed by atoms with E-state index >= 15 is 0 Å². The first-order valence-corrected chi connectivity index (χ1v) is 8.28. The number of hydrogen-bond acceptors (Lipinski definition) is 5. The molecule has 2 amide bonds. The van der Waals surface area contributed by atoms with Crippen molar-refractivity contribution in [1.29, 1.82) is 0 Å². The molecule has 0 spiro atoms. The van der Waals surface area contributed by atoms with Crippen LogP contribution in [0.4, 0.5) is 4.79 Å². The van der Waals surface area contributed by atoms with E-state index in [0.717, 1.165) is 0 Å². The molecule has 2 N–H and O–H groups in total. The third-order valence-corrected chi connectivity index (χ3v) is 3.71. The summed E-state index contributed by atoms with van der Waals surface area (Å²) in [6.45, 7) is 9.16. The van der Waals surface area contributed by atoms with Gasteiger partial charge in [-0.25, -0.2) is 9.59 Å². The van der Waals surface area contributed by atoms with Crippen molar-refractivity contribution in [2.45, 2.75) is 32.9 Å². The zero-order chi connectivity index (χ0) is 19.3. The third-order valence-electron chi connectivity index (χ3n) is 3.71. The number of nitrogens with one attached hydrogen (secondary N) is 2. The Hall–Kier alpha value is -2.96. The second-order valence-electron chi connectivity index (χ2n) is 6.03. The maximum Gasteiger partial charge on any atom is 0.338 e. The minimum Gasteiger partial charge on any atom is -0.493 e. The first kappa shape index (κ1) is 19.4. The van der Waals surface area contributed by atoms with E-state index in [2.05, 4.69) is 17.2 Å². The highest BCUT2D eigenvalue weighted by Crippen LogP contribution is 2.34. The molecule has 1 aromatic rings. The summed E-state index contributed by atoms with van der Waals surface area (Å²) in [6, 6.07) is 4.18. The Morgan fingerprint density at radius 1 is 1.35 bits per heavy atom. The van der Waals surface area contributed by atoms with Gasteiger partial charge in [-0.1, -0.05) is 18.7 Å². The fourth-order valence-electron chi connectivity index (χ4n) is 2.62. The smallest absolute Gasteiger partial charge is 0.338 e. The summed E-state index contributed by atoms with van der Waals surface area (Å²) in [5.41, 5.74) is 1.48. The van der Waals surface area contributed by atoms with Gasteiger partial charge in [-0.15, -0.1) is 0 Å². The average Bonchev–Trinajstić information content (AvgIpc) is 2.58. The van der Waals surface area contributed by atoms with E-state index in [4.69, 9.17) is 14.2 Å². The molecule has 0 fully saturated rings. The van der Waals surface area contributed by atoms with Crippen LogP contribution in [0.25, 0.3) is 0 Å². The quantitative estimate of drug-likeness (QED) is 0.577. The number of urea groups is 1. The number of rotatable bonds is 7. The maximum atomic E-state index is 12.5. The normalized spacial score (nSPS) is 16.7. The fourth-order valence-corrected chi connectivity index (χ4v) is 2.62. The van der Waals surface area contributed by atoms with Crippen LogP contribution in [-0.4, -0.2) is 31.8 Å². The number of carbonyl (C=O) groups excluding carboxylic acids is 2. The molecule has 1 heterocycles. The zero-order valence-corrected chi connectivity index (χ0v) is 15.4. The fraction of sp³-hybridized carbons (Fsp3) is 0.368. The Balaban J connectivity index is 2.42. The van der Waals surface area contributed by atoms with E-state index in [-0.39, 0.29) is 12.1 Å². The van der Waals surface area contributed by atoms with Gasteiger partial charge in [-0.3, -0.25) is 0 Å². The van der Waals surface area contributed by atoms with E-state index in [1.165, 1.54) is 7.11 Å². The molecule has 1 atom stereocenters. The standard InChI is InChI=1S/C19H24N2O5/c1-6-9-25-14-8-7-13(10-15(14)24-5)17-16(18(22)26-11(2)3)12(4)20-19(23)21-17/h6-8,10-11,17H,1,9H2,2-5H3,(H2,20,21,23)/t17-/m0/s1. The van der Waals surface area contributed by atoms with Crippen LogP contribution in [0.1, 0.15) is 32.4 Å². The Labute approximate surface area is 153 Å². The van der Waals surface area contributed by atoms with Crippen LogP contribution >= 0.6 is 0 Å². The lowest BCUT2D eigenvalue weighted by atomic mass is 9.95. The van der Waals surface area contributed by atoms with E-state index in [9.17, 15) is 9.59 Å². The van der Waals surface area contributed by atoms with Crippen molar-refractivity contribution in [2.24, 2.45) is 0 Å². The minimum absolute atomic E-state index is 0.273. The molecule has 1 aliphatic heterocycles. The molecule has 26 heavy (non-hydrogen) atoms. The highest BCUT2D eigenvalue weighted by Gasteiger charge is 2.33. The van der Waals surface area contributed by atoms with Gasteiger partial charge in [-0.2, -0.15) is 0 Å². The molecule has 0 aliphatic carbocycles. The monoisotopic (exact) mass is 360 g/mol. The van der Waals surface area contributed by atoms with Gasteiger partial charge in [0.05, 0.1) is 24.8 Å². The molecule has 0 bridgehead atoms. The van der Waals surface area contributed by atoms with Gasteiger partial charge >= 0.3 is 12.0 Å². The van der Waals surface area contributed by atoms with Gasteiger partial charge in [0.25, 0.3) is 0 Å². The number of hydrogen-bond donors (Lipinski definition) is 2. The number of esters is 1. The summed E-state index contributed by atoms with van der Waals surface area (Å²) in [6.07, 6.45) is 1.36. The molecule has 0 unspecified atom stereocenters. The highest BCUT2D eigenvalue weighted by atomic mass is 16.5. The number of allylic oxidation sites excluding steroid dienone is 1. The van der Waals surface area contributed by atoms with Crippen molar-refractivity contribution in [3.05, 3.63) is 47.7 Å². The summed E-state index contributed by atoms with van der Waals surface area (Å²) in [5, 5.41) is 5.37. The molecule has 1 aliphatic rings. The van der Waals surface area contributed by atoms with Crippen molar-refractivity contribution >= 4 is 12.0 Å². The predicted molar refractivity (Wildman–Crippen MR) is 97.0 cm³/mol. The van der Waals surface area contributed by atoms with Gasteiger partial charge in [-0.05, 0) is 38.5 Å². The average molecular weight is 360 g/mol. The third kappa shape index (κ3) is 4.36. The van der Waals surface area contributed by atoms with Crippen LogP contribution in [0.2, 0.25) is 0 Å². The summed E-state index contributed by atoms with van der Waals surface area (Å²) < 4.78 is 16.2. The second kappa shape index (κ2) is 8.42. The van der Waals surface area contributed by atoms with Crippen LogP contribution in [-0.2, 0) is 9.53 Å². The van der Waals surface area contributed by atoms with Crippen LogP contribution < -0.4 is 20.1 Å². The summed E-state index contributed by atoms with van der Waals surface area (Å²) in [7, 11) is 1.52. The van der Waals surface area contributed by atoms with Crippen molar-refractivity contribution < 1.29 is 23.8 Å². The molecule has 140 valence electrons. The molecule has 1 aromatic carbocycles. The SMILES string of the molecule is C=CCOc1ccc([C@@H]2NC(=O)NC(C)=C2C(=O)OC(C)C)cc1OC. The van der Waals surface area contributed by atoms with Gasteiger partial charge in [0.2, 0.25) is 0 Å². The van der Waals surface area contributed by atoms with Crippen LogP contribution in [0, 0.1) is 0 Å². The summed E-state index contributed by atoms with van der Waals surface area (Å²) in [5.74, 6) is 0.552. The Kier molecular flexibility index (Phi) is 6.27. The van der Waals surface area contributed by atoms with Gasteiger partial charge < -0.3 is 24.8 Å². The number of ether oxygens (including phenoxy) is 3. The van der Waals surface area contributed by atoms with Crippen LogP contribution in [0.3, 0.4) is 0 Å². The Bertz CT molecular complexity index is 739. The molecular weight excluding hydrogens is 336 g/mol. The minimum atomic E-state index is -0.655. The van der Waals surface area contributed by atoms with E-state index in [0.29, 0.717) is 34.9 Å². The zero-order valence-electron chi connectivity index (χ0n) is 15.4. The lowest BCUT2D eigenvalue weighted by Crippen LogP contribution is -2.45. The Morgan fingerprint density at radius 3 is 2.69 bits per heavy atom. The molecule has 0 saturated carbocycles. The lowest BCUT2D eigenvalue weighted by molar-refractivity contribution is -0.143. The number of carbonyl (C=O) groups is 2. The van der Waals surface area contributed by atoms with Crippen molar-refractivity contribution in [3.63, 3.8) is 0 Å². The maximum absolute atomic E-state index is 12.5. The largest absolute Gasteiger partial charge is 0.493 e. The number of amides is 2. The predicted octanol–water partition coefficient (Wildman–Crippen LogP) is 2.84. The highest BCUT2D eigenvalue weighted by molar-refractivity contribution is 5.95. The molecular formula is C19H24N2O5. The van der Waals surface area contributed by atoms with Crippen molar-refractivity contribution in [3.8, 4) is 11.5 Å². The molecule has 7 nitrogen and oxygen atoms in total. The number of methoxy groups -OCH3 is 1.